The largest absolute Gasteiger partial charge is 0.494 e. The highest BCUT2D eigenvalue weighted by Gasteiger charge is 2.12. The summed E-state index contributed by atoms with van der Waals surface area (Å²) in [4.78, 5) is 23.8. The van der Waals surface area contributed by atoms with E-state index in [1.54, 1.807) is 55.5 Å². The van der Waals surface area contributed by atoms with Gasteiger partial charge in [-0.3, -0.25) is 0 Å². The monoisotopic (exact) mass is 504 g/mol. The number of carbonyl (C=O) groups excluding carboxylic acids is 2. The number of aliphatic hydroxyl groups is 1. The predicted octanol–water partition coefficient (Wildman–Crippen LogP) is 5.82. The third-order valence-electron chi connectivity index (χ3n) is 5.43. The molecular formula is C30H32O7. The van der Waals surface area contributed by atoms with Crippen LogP contribution in [0.25, 0.3) is 0 Å². The molecule has 0 saturated carbocycles. The molecule has 0 saturated heterocycles. The highest BCUT2D eigenvalue weighted by atomic mass is 16.6. The summed E-state index contributed by atoms with van der Waals surface area (Å²) in [7, 11) is 0. The lowest BCUT2D eigenvalue weighted by molar-refractivity contribution is -0.139. The van der Waals surface area contributed by atoms with Crippen LogP contribution in [0.5, 0.6) is 17.2 Å². The Bertz CT molecular complexity index is 1170. The molecule has 194 valence electrons. The Balaban J connectivity index is 1.42. The van der Waals surface area contributed by atoms with Crippen molar-refractivity contribution in [3.63, 3.8) is 0 Å². The summed E-state index contributed by atoms with van der Waals surface area (Å²) >= 11 is 0. The molecule has 0 aliphatic rings. The van der Waals surface area contributed by atoms with Gasteiger partial charge < -0.3 is 24.1 Å². The number of benzene rings is 3. The van der Waals surface area contributed by atoms with E-state index in [1.807, 2.05) is 24.3 Å². The smallest absolute Gasteiger partial charge is 0.343 e. The van der Waals surface area contributed by atoms with Crippen LogP contribution in [0.2, 0.25) is 0 Å². The van der Waals surface area contributed by atoms with Gasteiger partial charge in [0.05, 0.1) is 18.8 Å². The van der Waals surface area contributed by atoms with Crippen molar-refractivity contribution < 1.29 is 33.6 Å². The van der Waals surface area contributed by atoms with Crippen LogP contribution in [0.15, 0.2) is 84.9 Å². The average molecular weight is 505 g/mol. The SMILES string of the molecule is C=C(C)C(=O)OCCCCOc1ccc(C(=O)Oc2ccc(C(O)Oc3ccc(CC)cc3)cc2)cc1. The minimum atomic E-state index is -1.14. The second-order valence-electron chi connectivity index (χ2n) is 8.42. The summed E-state index contributed by atoms with van der Waals surface area (Å²) < 4.78 is 21.7. The lowest BCUT2D eigenvalue weighted by Gasteiger charge is -2.14. The lowest BCUT2D eigenvalue weighted by Crippen LogP contribution is -2.09. The van der Waals surface area contributed by atoms with Crippen LogP contribution >= 0.6 is 0 Å². The van der Waals surface area contributed by atoms with E-state index in [0.717, 1.165) is 6.42 Å². The number of aryl methyl sites for hydroxylation is 1. The maximum Gasteiger partial charge on any atom is 0.343 e. The van der Waals surface area contributed by atoms with Crippen molar-refractivity contribution in [1.82, 2.24) is 0 Å². The van der Waals surface area contributed by atoms with E-state index in [2.05, 4.69) is 13.5 Å². The molecule has 3 aromatic rings. The molecule has 0 spiro atoms. The van der Waals surface area contributed by atoms with E-state index in [4.69, 9.17) is 18.9 Å². The second-order valence-corrected chi connectivity index (χ2v) is 8.42. The molecule has 3 rings (SSSR count). The zero-order valence-electron chi connectivity index (χ0n) is 21.1. The Kier molecular flexibility index (Phi) is 10.3. The normalized spacial score (nSPS) is 11.3. The maximum atomic E-state index is 12.5. The van der Waals surface area contributed by atoms with Crippen LogP contribution in [-0.2, 0) is 16.0 Å². The fraction of sp³-hybridized carbons (Fsp3) is 0.267. The van der Waals surface area contributed by atoms with Gasteiger partial charge in [0.2, 0.25) is 6.29 Å². The van der Waals surface area contributed by atoms with Crippen LogP contribution in [0.3, 0.4) is 0 Å². The maximum absolute atomic E-state index is 12.5. The zero-order valence-corrected chi connectivity index (χ0v) is 21.1. The Morgan fingerprint density at radius 1 is 0.838 bits per heavy atom. The average Bonchev–Trinajstić information content (AvgIpc) is 2.91. The first kappa shape index (κ1) is 27.5. The summed E-state index contributed by atoms with van der Waals surface area (Å²) in [6.07, 6.45) is 1.18. The molecule has 0 fully saturated rings. The Hall–Kier alpha value is -4.10. The topological polar surface area (TPSA) is 91.3 Å². The predicted molar refractivity (Wildman–Crippen MR) is 140 cm³/mol. The van der Waals surface area contributed by atoms with Crippen LogP contribution < -0.4 is 14.2 Å². The first-order valence-corrected chi connectivity index (χ1v) is 12.2. The number of unbranched alkanes of at least 4 members (excludes halogenated alkanes) is 1. The third-order valence-corrected chi connectivity index (χ3v) is 5.43. The molecule has 7 heteroatoms. The first-order valence-electron chi connectivity index (χ1n) is 12.2. The molecule has 37 heavy (non-hydrogen) atoms. The van der Waals surface area contributed by atoms with Crippen LogP contribution in [0.1, 0.15) is 54.5 Å². The highest BCUT2D eigenvalue weighted by Crippen LogP contribution is 2.23. The molecule has 0 aliphatic heterocycles. The molecular weight excluding hydrogens is 472 g/mol. The third kappa shape index (κ3) is 8.81. The number of ether oxygens (including phenoxy) is 4. The molecule has 1 N–H and O–H groups in total. The summed E-state index contributed by atoms with van der Waals surface area (Å²) in [5.41, 5.74) is 2.48. The number of rotatable bonds is 13. The summed E-state index contributed by atoms with van der Waals surface area (Å²) in [6, 6.07) is 20.7. The second kappa shape index (κ2) is 13.8. The fourth-order valence-electron chi connectivity index (χ4n) is 3.24. The van der Waals surface area contributed by atoms with Crippen molar-refractivity contribution >= 4 is 11.9 Å². The van der Waals surface area contributed by atoms with Crippen molar-refractivity contribution in [1.29, 1.82) is 0 Å². The molecule has 3 aromatic carbocycles. The van der Waals surface area contributed by atoms with Crippen molar-refractivity contribution in [2.45, 2.75) is 39.4 Å². The number of esters is 2. The van der Waals surface area contributed by atoms with Gasteiger partial charge in [0, 0.05) is 11.1 Å². The van der Waals surface area contributed by atoms with Gasteiger partial charge in [0.1, 0.15) is 17.2 Å². The molecule has 0 radical (unpaired) electrons. The first-order chi connectivity index (χ1) is 17.9. The minimum absolute atomic E-state index is 0.319. The van der Waals surface area contributed by atoms with Gasteiger partial charge in [-0.1, -0.05) is 25.6 Å². The lowest BCUT2D eigenvalue weighted by atomic mass is 10.1. The van der Waals surface area contributed by atoms with Crippen molar-refractivity contribution in [3.05, 3.63) is 102 Å². The van der Waals surface area contributed by atoms with Gasteiger partial charge in [-0.2, -0.15) is 0 Å². The van der Waals surface area contributed by atoms with Crippen molar-refractivity contribution in [3.8, 4) is 17.2 Å². The van der Waals surface area contributed by atoms with Crippen LogP contribution in [0, 0.1) is 0 Å². The van der Waals surface area contributed by atoms with Crippen molar-refractivity contribution in [2.24, 2.45) is 0 Å². The van der Waals surface area contributed by atoms with E-state index in [9.17, 15) is 14.7 Å². The number of hydrogen-bond acceptors (Lipinski definition) is 7. The van der Waals surface area contributed by atoms with Gasteiger partial charge in [0.25, 0.3) is 0 Å². The fourth-order valence-corrected chi connectivity index (χ4v) is 3.24. The van der Waals surface area contributed by atoms with Crippen molar-refractivity contribution in [2.75, 3.05) is 13.2 Å². The molecule has 0 aromatic heterocycles. The number of hydrogen-bond donors (Lipinski definition) is 1. The van der Waals surface area contributed by atoms with Crippen LogP contribution in [-0.4, -0.2) is 30.3 Å². The molecule has 1 unspecified atom stereocenters. The van der Waals surface area contributed by atoms with E-state index in [1.165, 1.54) is 5.56 Å². The molecule has 7 nitrogen and oxygen atoms in total. The minimum Gasteiger partial charge on any atom is -0.494 e. The van der Waals surface area contributed by atoms with Gasteiger partial charge >= 0.3 is 11.9 Å². The molecule has 0 aliphatic carbocycles. The Morgan fingerprint density at radius 3 is 2.05 bits per heavy atom. The van der Waals surface area contributed by atoms with Gasteiger partial charge in [-0.05, 0) is 92.4 Å². The highest BCUT2D eigenvalue weighted by molar-refractivity contribution is 5.91. The summed E-state index contributed by atoms with van der Waals surface area (Å²) in [5, 5.41) is 10.4. The van der Waals surface area contributed by atoms with Gasteiger partial charge in [-0.15, -0.1) is 0 Å². The van der Waals surface area contributed by atoms with Crippen LogP contribution in [0.4, 0.5) is 0 Å². The Labute approximate surface area is 217 Å². The van der Waals surface area contributed by atoms with E-state index in [-0.39, 0.29) is 5.97 Å². The molecule has 0 bridgehead atoms. The zero-order chi connectivity index (χ0) is 26.6. The number of aliphatic hydroxyl groups excluding tert-OH is 1. The van der Waals surface area contributed by atoms with E-state index < -0.39 is 12.3 Å². The quantitative estimate of drug-likeness (QED) is 0.103. The van der Waals surface area contributed by atoms with E-state index >= 15 is 0 Å². The standard InChI is InChI=1S/C30H32O7/c1-4-22-7-13-26(14-8-22)36-30(33)24-11-17-27(18-12-24)37-29(32)23-9-15-25(16-10-23)34-19-5-6-20-35-28(31)21(2)3/h7-18,30,33H,2,4-6,19-20H2,1,3H3. The molecule has 0 heterocycles. The molecule has 1 atom stereocenters. The Morgan fingerprint density at radius 2 is 1.43 bits per heavy atom. The van der Waals surface area contributed by atoms with Gasteiger partial charge in [-0.25, -0.2) is 9.59 Å². The summed E-state index contributed by atoms with van der Waals surface area (Å²) in [5.74, 6) is 0.640. The van der Waals surface area contributed by atoms with Gasteiger partial charge in [0.15, 0.2) is 0 Å². The molecule has 0 amide bonds. The summed E-state index contributed by atoms with van der Waals surface area (Å²) in [6.45, 7) is 7.99. The van der Waals surface area contributed by atoms with E-state index in [0.29, 0.717) is 60.0 Å². The number of carbonyl (C=O) groups is 2.